The van der Waals surface area contributed by atoms with Gasteiger partial charge in [-0.15, -0.1) is 0 Å². The molecule has 0 amide bonds. The Kier molecular flexibility index (Phi) is 3.89. The van der Waals surface area contributed by atoms with Crippen molar-refractivity contribution < 1.29 is 5.11 Å². The monoisotopic (exact) mass is 317 g/mol. The summed E-state index contributed by atoms with van der Waals surface area (Å²) in [6.45, 7) is 0.624. The number of phenolic OH excluding ortho intramolecular Hbond substituents is 1. The van der Waals surface area contributed by atoms with Gasteiger partial charge in [0.1, 0.15) is 10.8 Å². The van der Waals surface area contributed by atoms with Crippen LogP contribution in [0.15, 0.2) is 12.1 Å². The molecule has 0 heterocycles. The standard InChI is InChI=1S/C7H6Cl2INO/c8-6-4(3-11-10)1-2-5(12)7(6)9/h1-2,11-12H,3H2. The molecule has 0 aliphatic carbocycles. The van der Waals surface area contributed by atoms with Crippen LogP contribution in [0.1, 0.15) is 5.56 Å². The normalized spacial score (nSPS) is 10.2. The number of halogens is 3. The van der Waals surface area contributed by atoms with E-state index in [0.29, 0.717) is 11.6 Å². The minimum Gasteiger partial charge on any atom is -0.506 e. The summed E-state index contributed by atoms with van der Waals surface area (Å²) >= 11 is 13.6. The predicted octanol–water partition coefficient (Wildman–Crippen LogP) is 3.14. The zero-order chi connectivity index (χ0) is 9.14. The molecule has 0 unspecified atom stereocenters. The maximum Gasteiger partial charge on any atom is 0.135 e. The van der Waals surface area contributed by atoms with Crippen LogP contribution >= 0.6 is 46.1 Å². The highest BCUT2D eigenvalue weighted by Gasteiger charge is 2.07. The SMILES string of the molecule is Oc1ccc(CNI)c(Cl)c1Cl. The van der Waals surface area contributed by atoms with E-state index in [4.69, 9.17) is 28.3 Å². The Morgan fingerprint density at radius 2 is 2.00 bits per heavy atom. The highest BCUT2D eigenvalue weighted by atomic mass is 127. The number of hydrogen-bond acceptors (Lipinski definition) is 2. The molecule has 0 saturated carbocycles. The topological polar surface area (TPSA) is 32.3 Å². The molecule has 0 aromatic heterocycles. The summed E-state index contributed by atoms with van der Waals surface area (Å²) in [5.74, 6) is 0.0128. The van der Waals surface area contributed by atoms with E-state index in [9.17, 15) is 0 Å². The summed E-state index contributed by atoms with van der Waals surface area (Å²) in [6.07, 6.45) is 0. The second-order valence-electron chi connectivity index (χ2n) is 2.18. The van der Waals surface area contributed by atoms with Gasteiger partial charge in [0.15, 0.2) is 0 Å². The fraction of sp³-hybridized carbons (Fsp3) is 0.143. The quantitative estimate of drug-likeness (QED) is 0.649. The summed E-state index contributed by atoms with van der Waals surface area (Å²) < 4.78 is 2.92. The zero-order valence-corrected chi connectivity index (χ0v) is 9.61. The van der Waals surface area contributed by atoms with Crippen LogP contribution in [0.25, 0.3) is 0 Å². The lowest BCUT2D eigenvalue weighted by Gasteiger charge is -2.05. The largest absolute Gasteiger partial charge is 0.506 e. The molecule has 0 saturated heterocycles. The van der Waals surface area contributed by atoms with Gasteiger partial charge in [-0.1, -0.05) is 29.3 Å². The van der Waals surface area contributed by atoms with Crippen molar-refractivity contribution in [3.63, 3.8) is 0 Å². The lowest BCUT2D eigenvalue weighted by molar-refractivity contribution is 0.475. The molecule has 2 nitrogen and oxygen atoms in total. The van der Waals surface area contributed by atoms with Gasteiger partial charge in [-0.2, -0.15) is 0 Å². The van der Waals surface area contributed by atoms with Crippen molar-refractivity contribution in [2.24, 2.45) is 0 Å². The maximum atomic E-state index is 9.15. The first kappa shape index (κ1) is 10.4. The second-order valence-corrected chi connectivity index (χ2v) is 3.70. The number of rotatable bonds is 2. The third-order valence-corrected chi connectivity index (χ3v) is 2.69. The molecule has 1 aromatic rings. The van der Waals surface area contributed by atoms with E-state index < -0.39 is 0 Å². The number of benzene rings is 1. The van der Waals surface area contributed by atoms with Crippen molar-refractivity contribution in [2.75, 3.05) is 0 Å². The van der Waals surface area contributed by atoms with E-state index in [1.165, 1.54) is 6.07 Å². The van der Waals surface area contributed by atoms with Crippen molar-refractivity contribution in [2.45, 2.75) is 6.54 Å². The third-order valence-electron chi connectivity index (χ3n) is 1.40. The molecule has 66 valence electrons. The van der Waals surface area contributed by atoms with Crippen molar-refractivity contribution in [1.82, 2.24) is 3.53 Å². The van der Waals surface area contributed by atoms with Crippen molar-refractivity contribution in [3.05, 3.63) is 27.7 Å². The van der Waals surface area contributed by atoms with Gasteiger partial charge in [-0.05, 0) is 11.6 Å². The van der Waals surface area contributed by atoms with E-state index in [1.807, 2.05) is 22.9 Å². The third kappa shape index (κ3) is 2.16. The molecule has 0 radical (unpaired) electrons. The van der Waals surface area contributed by atoms with Crippen LogP contribution in [-0.4, -0.2) is 5.11 Å². The molecule has 0 fully saturated rings. The van der Waals surface area contributed by atoms with Gasteiger partial charge in [0.05, 0.1) is 5.02 Å². The molecule has 0 aliphatic rings. The molecule has 2 N–H and O–H groups in total. The summed E-state index contributed by atoms with van der Waals surface area (Å²) in [5, 5.41) is 9.77. The highest BCUT2D eigenvalue weighted by molar-refractivity contribution is 14.1. The van der Waals surface area contributed by atoms with Gasteiger partial charge in [0.2, 0.25) is 0 Å². The van der Waals surface area contributed by atoms with Crippen LogP contribution in [-0.2, 0) is 6.54 Å². The van der Waals surface area contributed by atoms with E-state index >= 15 is 0 Å². The highest BCUT2D eigenvalue weighted by Crippen LogP contribution is 2.33. The molecule has 0 bridgehead atoms. The van der Waals surface area contributed by atoms with Gasteiger partial charge < -0.3 is 5.11 Å². The van der Waals surface area contributed by atoms with E-state index in [0.717, 1.165) is 5.56 Å². The smallest absolute Gasteiger partial charge is 0.135 e. The maximum absolute atomic E-state index is 9.15. The van der Waals surface area contributed by atoms with Gasteiger partial charge in [-0.25, -0.2) is 0 Å². The Morgan fingerprint density at radius 3 is 2.58 bits per heavy atom. The molecule has 0 aliphatic heterocycles. The first-order valence-corrected chi connectivity index (χ1v) is 4.99. The lowest BCUT2D eigenvalue weighted by atomic mass is 10.2. The Labute approximate surface area is 94.4 Å². The van der Waals surface area contributed by atoms with Gasteiger partial charge in [-0.3, -0.25) is 3.53 Å². The van der Waals surface area contributed by atoms with Crippen LogP contribution in [0, 0.1) is 0 Å². The summed E-state index contributed by atoms with van der Waals surface area (Å²) in [4.78, 5) is 0. The molecule has 1 aromatic carbocycles. The summed E-state index contributed by atoms with van der Waals surface area (Å²) in [6, 6.07) is 3.26. The van der Waals surface area contributed by atoms with Gasteiger partial charge in [0.25, 0.3) is 0 Å². The summed E-state index contributed by atoms with van der Waals surface area (Å²) in [7, 11) is 0. The second kappa shape index (κ2) is 4.50. The van der Waals surface area contributed by atoms with Crippen LogP contribution in [0.3, 0.4) is 0 Å². The van der Waals surface area contributed by atoms with Crippen LogP contribution < -0.4 is 3.53 Å². The minimum absolute atomic E-state index is 0.0128. The molecule has 0 spiro atoms. The lowest BCUT2D eigenvalue weighted by Crippen LogP contribution is -1.98. The zero-order valence-electron chi connectivity index (χ0n) is 5.94. The fourth-order valence-electron chi connectivity index (χ4n) is 0.788. The first-order valence-electron chi connectivity index (χ1n) is 3.16. The Morgan fingerprint density at radius 1 is 1.33 bits per heavy atom. The van der Waals surface area contributed by atoms with Crippen LogP contribution in [0.5, 0.6) is 5.75 Å². The number of phenols is 1. The molecule has 5 heteroatoms. The van der Waals surface area contributed by atoms with Crippen LogP contribution in [0.4, 0.5) is 0 Å². The van der Waals surface area contributed by atoms with E-state index in [-0.39, 0.29) is 10.8 Å². The van der Waals surface area contributed by atoms with Crippen molar-refractivity contribution in [1.29, 1.82) is 0 Å². The Balaban J connectivity index is 3.08. The van der Waals surface area contributed by atoms with Crippen LogP contribution in [0.2, 0.25) is 10.0 Å². The van der Waals surface area contributed by atoms with Crippen molar-refractivity contribution >= 4 is 46.1 Å². The molecular formula is C7H6Cl2INO. The van der Waals surface area contributed by atoms with Crippen molar-refractivity contribution in [3.8, 4) is 5.75 Å². The number of nitrogens with one attached hydrogen (secondary N) is 1. The molecular weight excluding hydrogens is 312 g/mol. The van der Waals surface area contributed by atoms with Gasteiger partial charge in [0, 0.05) is 29.4 Å². The minimum atomic E-state index is 0.0128. The fourth-order valence-corrected chi connectivity index (χ4v) is 1.61. The van der Waals surface area contributed by atoms with E-state index in [1.54, 1.807) is 6.07 Å². The predicted molar refractivity (Wildman–Crippen MR) is 59.0 cm³/mol. The average molecular weight is 318 g/mol. The first-order chi connectivity index (χ1) is 5.66. The average Bonchev–Trinajstić information content (AvgIpc) is 2.07. The molecule has 1 rings (SSSR count). The molecule has 12 heavy (non-hydrogen) atoms. The van der Waals surface area contributed by atoms with Gasteiger partial charge >= 0.3 is 0 Å². The van der Waals surface area contributed by atoms with E-state index in [2.05, 4.69) is 3.53 Å². The Bertz CT molecular complexity index is 293. The summed E-state index contributed by atoms with van der Waals surface area (Å²) in [5.41, 5.74) is 0.869. The number of aromatic hydroxyl groups is 1. The Hall–Kier alpha value is 0.290. The number of hydrogen-bond donors (Lipinski definition) is 2. The molecule has 0 atom stereocenters.